The summed E-state index contributed by atoms with van der Waals surface area (Å²) >= 11 is 5.98. The highest BCUT2D eigenvalue weighted by atomic mass is 35.5. The Balaban J connectivity index is 2.48. The Labute approximate surface area is 98.0 Å². The maximum Gasteiger partial charge on any atom is 0.304 e. The molecular formula is C12H12ClFO2. The maximum atomic E-state index is 14.0. The van der Waals surface area contributed by atoms with E-state index in [0.29, 0.717) is 29.0 Å². The lowest BCUT2D eigenvalue weighted by atomic mass is 9.90. The second-order valence-corrected chi connectivity index (χ2v) is 4.81. The fraction of sp³-hybridized carbons (Fsp3) is 0.417. The summed E-state index contributed by atoms with van der Waals surface area (Å²) in [4.78, 5) is 10.8. The number of carboxylic acid groups (broad SMARTS) is 1. The van der Waals surface area contributed by atoms with Crippen molar-refractivity contribution in [2.45, 2.75) is 31.6 Å². The third kappa shape index (κ3) is 1.80. The van der Waals surface area contributed by atoms with Crippen molar-refractivity contribution in [2.75, 3.05) is 0 Å². The van der Waals surface area contributed by atoms with Gasteiger partial charge in [-0.3, -0.25) is 4.79 Å². The topological polar surface area (TPSA) is 37.3 Å². The van der Waals surface area contributed by atoms with Crippen molar-refractivity contribution in [3.8, 4) is 0 Å². The predicted octanol–water partition coefficient (Wildman–Crippen LogP) is 3.29. The van der Waals surface area contributed by atoms with Crippen LogP contribution >= 0.6 is 11.6 Å². The molecule has 1 aromatic carbocycles. The van der Waals surface area contributed by atoms with Crippen LogP contribution in [0.4, 0.5) is 4.39 Å². The van der Waals surface area contributed by atoms with Crippen LogP contribution in [0.2, 0.25) is 5.02 Å². The predicted molar refractivity (Wildman–Crippen MR) is 59.3 cm³/mol. The van der Waals surface area contributed by atoms with Crippen molar-refractivity contribution >= 4 is 17.6 Å². The molecule has 86 valence electrons. The number of carboxylic acids is 1. The largest absolute Gasteiger partial charge is 0.481 e. The molecule has 0 unspecified atom stereocenters. The van der Waals surface area contributed by atoms with Gasteiger partial charge in [0.15, 0.2) is 0 Å². The van der Waals surface area contributed by atoms with Crippen LogP contribution in [0.1, 0.15) is 30.4 Å². The summed E-state index contributed by atoms with van der Waals surface area (Å²) in [5.41, 5.74) is 0.326. The molecule has 0 amide bonds. The molecule has 1 fully saturated rings. The zero-order valence-electron chi connectivity index (χ0n) is 8.89. The van der Waals surface area contributed by atoms with Gasteiger partial charge in [0.2, 0.25) is 0 Å². The van der Waals surface area contributed by atoms with Crippen LogP contribution in [0.3, 0.4) is 0 Å². The molecule has 16 heavy (non-hydrogen) atoms. The fourth-order valence-electron chi connectivity index (χ4n) is 2.10. The van der Waals surface area contributed by atoms with E-state index >= 15 is 0 Å². The number of aryl methyl sites for hydroxylation is 1. The second kappa shape index (κ2) is 3.74. The Bertz CT molecular complexity index is 453. The minimum atomic E-state index is -0.908. The molecule has 1 saturated carbocycles. The van der Waals surface area contributed by atoms with E-state index in [4.69, 9.17) is 16.7 Å². The molecule has 1 aliphatic rings. The highest BCUT2D eigenvalue weighted by Gasteiger charge is 2.49. The summed E-state index contributed by atoms with van der Waals surface area (Å²) in [7, 11) is 0. The van der Waals surface area contributed by atoms with Gasteiger partial charge >= 0.3 is 5.97 Å². The minimum absolute atomic E-state index is 0.0485. The quantitative estimate of drug-likeness (QED) is 0.883. The van der Waals surface area contributed by atoms with E-state index in [9.17, 15) is 9.18 Å². The summed E-state index contributed by atoms with van der Waals surface area (Å²) in [5, 5.41) is 9.17. The lowest BCUT2D eigenvalue weighted by molar-refractivity contribution is -0.137. The maximum absolute atomic E-state index is 14.0. The van der Waals surface area contributed by atoms with Crippen LogP contribution < -0.4 is 0 Å². The van der Waals surface area contributed by atoms with Gasteiger partial charge in [0.1, 0.15) is 5.82 Å². The van der Waals surface area contributed by atoms with Crippen molar-refractivity contribution in [3.05, 3.63) is 34.1 Å². The molecule has 1 N–H and O–H groups in total. The molecule has 1 aliphatic carbocycles. The summed E-state index contributed by atoms with van der Waals surface area (Å²) < 4.78 is 14.0. The molecule has 2 nitrogen and oxygen atoms in total. The highest BCUT2D eigenvalue weighted by molar-refractivity contribution is 6.31. The zero-order chi connectivity index (χ0) is 11.9. The average molecular weight is 243 g/mol. The number of hydrogen-bond donors (Lipinski definition) is 1. The molecule has 0 spiro atoms. The van der Waals surface area contributed by atoms with Crippen LogP contribution in [-0.4, -0.2) is 11.1 Å². The summed E-state index contributed by atoms with van der Waals surface area (Å²) in [6.45, 7) is 1.66. The van der Waals surface area contributed by atoms with Crippen LogP contribution in [0.5, 0.6) is 0 Å². The highest BCUT2D eigenvalue weighted by Crippen LogP contribution is 2.54. The summed E-state index contributed by atoms with van der Waals surface area (Å²) in [6, 6.07) is 3.25. The molecule has 4 heteroatoms. The smallest absolute Gasteiger partial charge is 0.304 e. The van der Waals surface area contributed by atoms with E-state index in [1.807, 2.05) is 0 Å². The molecule has 0 saturated heterocycles. The number of aliphatic carboxylic acids is 1. The van der Waals surface area contributed by atoms with Gasteiger partial charge in [-0.15, -0.1) is 0 Å². The Kier molecular flexibility index (Phi) is 2.66. The van der Waals surface area contributed by atoms with Gasteiger partial charge in [-0.2, -0.15) is 0 Å². The molecule has 0 aliphatic heterocycles. The Hall–Kier alpha value is -1.09. The molecule has 0 radical (unpaired) electrons. The molecule has 0 aromatic heterocycles. The molecular weight excluding hydrogens is 231 g/mol. The number of rotatable bonds is 3. The van der Waals surface area contributed by atoms with Crippen molar-refractivity contribution in [1.29, 1.82) is 0 Å². The van der Waals surface area contributed by atoms with Gasteiger partial charge in [0.05, 0.1) is 6.42 Å². The normalized spacial score (nSPS) is 17.2. The first-order chi connectivity index (χ1) is 7.46. The lowest BCUT2D eigenvalue weighted by Gasteiger charge is -2.17. The van der Waals surface area contributed by atoms with Gasteiger partial charge in [0, 0.05) is 16.0 Å². The van der Waals surface area contributed by atoms with Crippen molar-refractivity contribution in [1.82, 2.24) is 0 Å². The fourth-order valence-corrected chi connectivity index (χ4v) is 2.44. The van der Waals surface area contributed by atoms with E-state index in [0.717, 1.165) is 0 Å². The van der Waals surface area contributed by atoms with Gasteiger partial charge in [-0.1, -0.05) is 17.7 Å². The summed E-state index contributed by atoms with van der Waals surface area (Å²) in [5.74, 6) is -1.26. The first-order valence-electron chi connectivity index (χ1n) is 5.13. The van der Waals surface area contributed by atoms with E-state index in [1.54, 1.807) is 19.1 Å². The first-order valence-corrected chi connectivity index (χ1v) is 5.51. The van der Waals surface area contributed by atoms with Crippen molar-refractivity contribution in [3.63, 3.8) is 0 Å². The van der Waals surface area contributed by atoms with Crippen molar-refractivity contribution < 1.29 is 14.3 Å². The molecule has 0 heterocycles. The van der Waals surface area contributed by atoms with E-state index in [-0.39, 0.29) is 12.2 Å². The van der Waals surface area contributed by atoms with Gasteiger partial charge in [-0.25, -0.2) is 4.39 Å². The monoisotopic (exact) mass is 242 g/mol. The van der Waals surface area contributed by atoms with Gasteiger partial charge in [0.25, 0.3) is 0 Å². The van der Waals surface area contributed by atoms with Crippen LogP contribution in [0.25, 0.3) is 0 Å². The van der Waals surface area contributed by atoms with Gasteiger partial charge in [-0.05, 0) is 31.4 Å². The van der Waals surface area contributed by atoms with E-state index in [1.165, 1.54) is 0 Å². The average Bonchev–Trinajstić information content (AvgIpc) is 2.92. The minimum Gasteiger partial charge on any atom is -0.481 e. The second-order valence-electron chi connectivity index (χ2n) is 4.40. The van der Waals surface area contributed by atoms with Crippen LogP contribution in [0.15, 0.2) is 12.1 Å². The van der Waals surface area contributed by atoms with Gasteiger partial charge < -0.3 is 5.11 Å². The Morgan fingerprint density at radius 3 is 2.69 bits per heavy atom. The van der Waals surface area contributed by atoms with E-state index < -0.39 is 11.4 Å². The Morgan fingerprint density at radius 1 is 1.56 bits per heavy atom. The molecule has 0 bridgehead atoms. The summed E-state index contributed by atoms with van der Waals surface area (Å²) in [6.07, 6.45) is 1.34. The third-order valence-corrected chi connectivity index (χ3v) is 3.47. The van der Waals surface area contributed by atoms with Crippen LogP contribution in [-0.2, 0) is 10.2 Å². The SMILES string of the molecule is Cc1ccc(Cl)c(C2(CC(=O)O)CC2)c1F. The zero-order valence-corrected chi connectivity index (χ0v) is 9.64. The number of hydrogen-bond acceptors (Lipinski definition) is 1. The lowest BCUT2D eigenvalue weighted by Crippen LogP contribution is -2.16. The van der Waals surface area contributed by atoms with Crippen molar-refractivity contribution in [2.24, 2.45) is 0 Å². The molecule has 0 atom stereocenters. The third-order valence-electron chi connectivity index (χ3n) is 3.16. The number of carbonyl (C=O) groups is 1. The Morgan fingerprint density at radius 2 is 2.19 bits per heavy atom. The number of halogens is 2. The van der Waals surface area contributed by atoms with E-state index in [2.05, 4.69) is 0 Å². The molecule has 1 aromatic rings. The number of benzene rings is 1. The first kappa shape index (κ1) is 11.4. The molecule has 2 rings (SSSR count). The standard InChI is InChI=1S/C12H12ClFO2/c1-7-2-3-8(13)10(11(7)14)12(4-5-12)6-9(15)16/h2-3H,4-6H2,1H3,(H,15,16). The van der Waals surface area contributed by atoms with Crippen LogP contribution in [0, 0.1) is 12.7 Å².